The molecular weight excluding hydrogens is 380 g/mol. The number of halogens is 1. The van der Waals surface area contributed by atoms with Gasteiger partial charge in [-0.3, -0.25) is 5.10 Å². The van der Waals surface area contributed by atoms with Crippen molar-refractivity contribution in [1.29, 1.82) is 0 Å². The molecule has 1 unspecified atom stereocenters. The fraction of sp³-hybridized carbons (Fsp3) is 0.368. The van der Waals surface area contributed by atoms with E-state index in [2.05, 4.69) is 32.0 Å². The topological polar surface area (TPSA) is 87.2 Å². The van der Waals surface area contributed by atoms with E-state index < -0.39 is 6.04 Å². The predicted octanol–water partition coefficient (Wildman–Crippen LogP) is 2.44. The third kappa shape index (κ3) is 3.24. The molecule has 4 rings (SSSR count). The number of nitrogens with zero attached hydrogens (tertiary/aromatic N) is 5. The summed E-state index contributed by atoms with van der Waals surface area (Å²) in [5, 5.41) is 8.84. The smallest absolute Gasteiger partial charge is 0.330 e. The number of carbonyl (C=O) groups excluding carboxylic acids is 1. The van der Waals surface area contributed by atoms with Gasteiger partial charge >= 0.3 is 5.97 Å². The Morgan fingerprint density at radius 2 is 2.21 bits per heavy atom. The number of rotatable bonds is 4. The van der Waals surface area contributed by atoms with Crippen molar-refractivity contribution in [3.8, 4) is 0 Å². The van der Waals surface area contributed by atoms with Crippen molar-refractivity contribution in [3.05, 3.63) is 41.3 Å². The Balaban J connectivity index is 1.70. The maximum atomic E-state index is 12.6. The lowest BCUT2D eigenvalue weighted by molar-refractivity contribution is -0.142. The van der Waals surface area contributed by atoms with Crippen LogP contribution in [0.3, 0.4) is 0 Å². The SMILES string of the molecule is CCc1[nH]nc2ncnc(N3CCN(c4cccc(Cl)c4)C(C(=O)OC)C3)c12. The van der Waals surface area contributed by atoms with Crippen LogP contribution in [0, 0.1) is 0 Å². The van der Waals surface area contributed by atoms with Crippen molar-refractivity contribution >= 4 is 40.1 Å². The minimum Gasteiger partial charge on any atom is -0.467 e. The van der Waals surface area contributed by atoms with Crippen LogP contribution in [0.5, 0.6) is 0 Å². The summed E-state index contributed by atoms with van der Waals surface area (Å²) in [6, 6.07) is 7.04. The summed E-state index contributed by atoms with van der Waals surface area (Å²) in [7, 11) is 1.41. The van der Waals surface area contributed by atoms with E-state index in [-0.39, 0.29) is 5.97 Å². The van der Waals surface area contributed by atoms with Crippen molar-refractivity contribution in [3.63, 3.8) is 0 Å². The first-order valence-corrected chi connectivity index (χ1v) is 9.53. The van der Waals surface area contributed by atoms with Crippen molar-refractivity contribution in [1.82, 2.24) is 20.2 Å². The van der Waals surface area contributed by atoms with Crippen LogP contribution in [-0.2, 0) is 16.0 Å². The van der Waals surface area contributed by atoms with Gasteiger partial charge in [-0.05, 0) is 24.6 Å². The van der Waals surface area contributed by atoms with Gasteiger partial charge in [-0.25, -0.2) is 14.8 Å². The molecule has 0 amide bonds. The summed E-state index contributed by atoms with van der Waals surface area (Å²) in [4.78, 5) is 25.5. The van der Waals surface area contributed by atoms with Crippen molar-refractivity contribution < 1.29 is 9.53 Å². The average molecular weight is 401 g/mol. The van der Waals surface area contributed by atoms with E-state index in [9.17, 15) is 4.79 Å². The summed E-state index contributed by atoms with van der Waals surface area (Å²) < 4.78 is 5.08. The van der Waals surface area contributed by atoms with Crippen LogP contribution in [0.25, 0.3) is 11.0 Å². The molecule has 1 N–H and O–H groups in total. The van der Waals surface area contributed by atoms with E-state index in [0.29, 0.717) is 30.3 Å². The zero-order valence-corrected chi connectivity index (χ0v) is 16.5. The molecule has 0 saturated carbocycles. The average Bonchev–Trinajstić information content (AvgIpc) is 3.16. The highest BCUT2D eigenvalue weighted by Gasteiger charge is 2.35. The highest BCUT2D eigenvalue weighted by atomic mass is 35.5. The van der Waals surface area contributed by atoms with E-state index in [0.717, 1.165) is 29.0 Å². The maximum absolute atomic E-state index is 12.6. The summed E-state index contributed by atoms with van der Waals surface area (Å²) >= 11 is 6.16. The van der Waals surface area contributed by atoms with Crippen LogP contribution in [-0.4, -0.2) is 58.9 Å². The summed E-state index contributed by atoms with van der Waals surface area (Å²) in [5.74, 6) is 0.494. The second kappa shape index (κ2) is 7.63. The van der Waals surface area contributed by atoms with Gasteiger partial charge in [0.2, 0.25) is 0 Å². The molecule has 3 heterocycles. The third-order valence-corrected chi connectivity index (χ3v) is 5.29. The number of carbonyl (C=O) groups is 1. The quantitative estimate of drug-likeness (QED) is 0.673. The number of fused-ring (bicyclic) bond motifs is 1. The standard InChI is InChI=1S/C19H21ClN6O2/c1-3-14-16-17(24-23-14)21-11-22-18(16)25-7-8-26(15(10-25)19(27)28-2)13-6-4-5-12(20)9-13/h4-6,9,11,15H,3,7-8,10H2,1-2H3,(H,21,22,23,24). The van der Waals surface area contributed by atoms with Gasteiger partial charge in [-0.2, -0.15) is 5.10 Å². The molecule has 0 aliphatic carbocycles. The molecule has 3 aromatic rings. The molecule has 0 spiro atoms. The minimum atomic E-state index is -0.473. The number of hydrogen-bond donors (Lipinski definition) is 1. The van der Waals surface area contributed by atoms with Crippen LogP contribution in [0.4, 0.5) is 11.5 Å². The number of aryl methyl sites for hydroxylation is 1. The number of ether oxygens (including phenoxy) is 1. The number of methoxy groups -OCH3 is 1. The Bertz CT molecular complexity index is 1010. The molecule has 0 radical (unpaired) electrons. The molecule has 1 fully saturated rings. The Morgan fingerprint density at radius 3 is 2.96 bits per heavy atom. The monoisotopic (exact) mass is 400 g/mol. The van der Waals surface area contributed by atoms with Gasteiger partial charge in [0.05, 0.1) is 19.0 Å². The molecule has 1 saturated heterocycles. The molecule has 2 aromatic heterocycles. The first kappa shape index (κ1) is 18.5. The number of piperazine rings is 1. The molecule has 1 aromatic carbocycles. The Labute approximate surface area is 167 Å². The van der Waals surface area contributed by atoms with E-state index in [1.807, 2.05) is 29.2 Å². The summed E-state index contributed by atoms with van der Waals surface area (Å²) in [6.07, 6.45) is 2.30. The first-order valence-electron chi connectivity index (χ1n) is 9.15. The molecule has 1 aliphatic heterocycles. The molecule has 8 nitrogen and oxygen atoms in total. The molecular formula is C19H21ClN6O2. The fourth-order valence-corrected chi connectivity index (χ4v) is 3.86. The highest BCUT2D eigenvalue weighted by molar-refractivity contribution is 6.30. The number of nitrogens with one attached hydrogen (secondary N) is 1. The minimum absolute atomic E-state index is 0.294. The van der Waals surface area contributed by atoms with Gasteiger partial charge in [0.15, 0.2) is 5.65 Å². The number of esters is 1. The summed E-state index contributed by atoms with van der Waals surface area (Å²) in [5.41, 5.74) is 2.51. The van der Waals surface area contributed by atoms with Crippen molar-refractivity contribution in [2.75, 3.05) is 36.5 Å². The molecule has 9 heteroatoms. The number of aromatic amines is 1. The lowest BCUT2D eigenvalue weighted by Crippen LogP contribution is -2.57. The van der Waals surface area contributed by atoms with E-state index in [1.54, 1.807) is 0 Å². The Morgan fingerprint density at radius 1 is 1.36 bits per heavy atom. The van der Waals surface area contributed by atoms with Gasteiger partial charge in [-0.1, -0.05) is 24.6 Å². The van der Waals surface area contributed by atoms with E-state index >= 15 is 0 Å². The van der Waals surface area contributed by atoms with Crippen LogP contribution in [0.1, 0.15) is 12.6 Å². The second-order valence-electron chi connectivity index (χ2n) is 6.61. The zero-order chi connectivity index (χ0) is 19.7. The first-order chi connectivity index (χ1) is 13.6. The summed E-state index contributed by atoms with van der Waals surface area (Å²) in [6.45, 7) is 3.82. The van der Waals surface area contributed by atoms with Crippen LogP contribution in [0.2, 0.25) is 5.02 Å². The zero-order valence-electron chi connectivity index (χ0n) is 15.7. The number of aromatic nitrogens is 4. The van der Waals surface area contributed by atoms with Gasteiger partial charge < -0.3 is 14.5 Å². The van der Waals surface area contributed by atoms with Gasteiger partial charge in [-0.15, -0.1) is 0 Å². The van der Waals surface area contributed by atoms with Gasteiger partial charge in [0.25, 0.3) is 0 Å². The largest absolute Gasteiger partial charge is 0.467 e. The van der Waals surface area contributed by atoms with Crippen molar-refractivity contribution in [2.45, 2.75) is 19.4 Å². The fourth-order valence-electron chi connectivity index (χ4n) is 3.67. The highest BCUT2D eigenvalue weighted by Crippen LogP contribution is 2.30. The van der Waals surface area contributed by atoms with Gasteiger partial charge in [0.1, 0.15) is 18.2 Å². The van der Waals surface area contributed by atoms with E-state index in [1.165, 1.54) is 13.4 Å². The Kier molecular flexibility index (Phi) is 5.04. The molecule has 146 valence electrons. The van der Waals surface area contributed by atoms with Crippen LogP contribution < -0.4 is 9.80 Å². The normalized spacial score (nSPS) is 17.2. The number of H-pyrrole nitrogens is 1. The third-order valence-electron chi connectivity index (χ3n) is 5.05. The van der Waals surface area contributed by atoms with Crippen LogP contribution >= 0.6 is 11.6 Å². The van der Waals surface area contributed by atoms with Gasteiger partial charge in [0, 0.05) is 29.5 Å². The number of benzene rings is 1. The van der Waals surface area contributed by atoms with Crippen LogP contribution in [0.15, 0.2) is 30.6 Å². The predicted molar refractivity (Wildman–Crippen MR) is 108 cm³/mol. The van der Waals surface area contributed by atoms with E-state index in [4.69, 9.17) is 16.3 Å². The maximum Gasteiger partial charge on any atom is 0.330 e. The Hall–Kier alpha value is -2.87. The molecule has 1 aliphatic rings. The molecule has 1 atom stereocenters. The number of anilines is 2. The second-order valence-corrected chi connectivity index (χ2v) is 7.05. The molecule has 28 heavy (non-hydrogen) atoms. The number of hydrogen-bond acceptors (Lipinski definition) is 7. The lowest BCUT2D eigenvalue weighted by atomic mass is 10.1. The van der Waals surface area contributed by atoms with Crippen molar-refractivity contribution in [2.24, 2.45) is 0 Å². The lowest BCUT2D eigenvalue weighted by Gasteiger charge is -2.41. The molecule has 0 bridgehead atoms.